The summed E-state index contributed by atoms with van der Waals surface area (Å²) in [7, 11) is 4.55. The van der Waals surface area contributed by atoms with Crippen LogP contribution in [0.2, 0.25) is 0 Å². The van der Waals surface area contributed by atoms with Gasteiger partial charge in [0.05, 0.1) is 25.6 Å². The molecule has 84 valence electrons. The zero-order valence-electron chi connectivity index (χ0n) is 9.03. The molecule has 0 aromatic carbocycles. The lowest BCUT2D eigenvalue weighted by atomic mass is 10.1. The van der Waals surface area contributed by atoms with Crippen LogP contribution >= 0.6 is 0 Å². The zero-order valence-corrected chi connectivity index (χ0v) is 9.03. The Hall–Kier alpha value is -1.53. The van der Waals surface area contributed by atoms with Gasteiger partial charge in [0.25, 0.3) is 0 Å². The van der Waals surface area contributed by atoms with E-state index in [2.05, 4.69) is 16.1 Å². The predicted molar refractivity (Wildman–Crippen MR) is 55.5 cm³/mol. The summed E-state index contributed by atoms with van der Waals surface area (Å²) in [5.74, 6) is 0. The van der Waals surface area contributed by atoms with E-state index in [0.29, 0.717) is 5.71 Å². The van der Waals surface area contributed by atoms with Crippen molar-refractivity contribution in [3.63, 3.8) is 0 Å². The second-order valence-electron chi connectivity index (χ2n) is 2.71. The average Bonchev–Trinajstić information content (AvgIpc) is 2.23. The molecule has 0 spiro atoms. The highest BCUT2D eigenvalue weighted by molar-refractivity contribution is 6.11. The first-order valence-corrected chi connectivity index (χ1v) is 4.43. The maximum absolute atomic E-state index is 4.83. The van der Waals surface area contributed by atoms with Gasteiger partial charge in [0.1, 0.15) is 7.11 Å². The third-order valence-electron chi connectivity index (χ3n) is 1.76. The summed E-state index contributed by atoms with van der Waals surface area (Å²) in [5, 5.41) is 3.88. The van der Waals surface area contributed by atoms with Crippen LogP contribution in [0.1, 0.15) is 6.42 Å². The number of hydrogen-bond donors (Lipinski definition) is 2. The third-order valence-corrected chi connectivity index (χ3v) is 1.76. The highest BCUT2D eigenvalue weighted by Crippen LogP contribution is 2.12. The molecule has 0 fully saturated rings. The lowest BCUT2D eigenvalue weighted by Crippen LogP contribution is -2.29. The number of hydroxylamine groups is 2. The SMILES string of the molecule is CON=C1C(NOC)=CCC=C1NOC. The topological polar surface area (TPSA) is 64.1 Å². The van der Waals surface area contributed by atoms with E-state index in [0.717, 1.165) is 17.8 Å². The van der Waals surface area contributed by atoms with Crippen molar-refractivity contribution in [1.82, 2.24) is 11.0 Å². The van der Waals surface area contributed by atoms with Crippen LogP contribution in [-0.2, 0) is 14.5 Å². The summed E-state index contributed by atoms with van der Waals surface area (Å²) in [6.07, 6.45) is 4.63. The van der Waals surface area contributed by atoms with Gasteiger partial charge in [0, 0.05) is 0 Å². The Kier molecular flexibility index (Phi) is 4.65. The fourth-order valence-corrected chi connectivity index (χ4v) is 1.22. The van der Waals surface area contributed by atoms with Crippen LogP contribution in [0.25, 0.3) is 0 Å². The molecule has 1 aliphatic rings. The fraction of sp³-hybridized carbons (Fsp3) is 0.444. The standard InChI is InChI=1S/C9H15N3O3/c1-13-10-7-5-4-6-8(11-14-2)9(7)12-15-3/h5-6,10-11H,4H2,1-3H3. The molecule has 0 saturated heterocycles. The summed E-state index contributed by atoms with van der Waals surface area (Å²) in [6.45, 7) is 0. The number of oxime groups is 1. The Morgan fingerprint density at radius 2 is 1.60 bits per heavy atom. The van der Waals surface area contributed by atoms with Crippen molar-refractivity contribution in [3.05, 3.63) is 23.5 Å². The molecule has 0 heterocycles. The van der Waals surface area contributed by atoms with E-state index in [1.54, 1.807) is 0 Å². The van der Waals surface area contributed by atoms with Gasteiger partial charge >= 0.3 is 0 Å². The number of hydrogen-bond acceptors (Lipinski definition) is 6. The highest BCUT2D eigenvalue weighted by atomic mass is 16.6. The number of nitrogens with one attached hydrogen (secondary N) is 2. The summed E-state index contributed by atoms with van der Waals surface area (Å²) in [4.78, 5) is 14.4. The van der Waals surface area contributed by atoms with E-state index in [1.165, 1.54) is 21.3 Å². The minimum atomic E-state index is 0.604. The van der Waals surface area contributed by atoms with Crippen molar-refractivity contribution >= 4 is 5.71 Å². The molecule has 0 atom stereocenters. The Labute approximate surface area is 88.5 Å². The van der Waals surface area contributed by atoms with Crippen molar-refractivity contribution in [2.24, 2.45) is 5.16 Å². The summed E-state index contributed by atoms with van der Waals surface area (Å²) in [5.41, 5.74) is 7.52. The molecule has 1 rings (SSSR count). The van der Waals surface area contributed by atoms with Crippen molar-refractivity contribution in [2.45, 2.75) is 6.42 Å². The van der Waals surface area contributed by atoms with Gasteiger partial charge in [-0.25, -0.2) is 0 Å². The Morgan fingerprint density at radius 1 is 1.07 bits per heavy atom. The van der Waals surface area contributed by atoms with E-state index in [4.69, 9.17) is 14.5 Å². The minimum Gasteiger partial charge on any atom is -0.399 e. The lowest BCUT2D eigenvalue weighted by molar-refractivity contribution is 0.115. The van der Waals surface area contributed by atoms with Crippen LogP contribution < -0.4 is 11.0 Å². The molecule has 15 heavy (non-hydrogen) atoms. The summed E-state index contributed by atoms with van der Waals surface area (Å²) < 4.78 is 0. The van der Waals surface area contributed by atoms with Crippen LogP contribution in [0.5, 0.6) is 0 Å². The smallest absolute Gasteiger partial charge is 0.152 e. The predicted octanol–water partition coefficient (Wildman–Crippen LogP) is 0.462. The van der Waals surface area contributed by atoms with Crippen molar-refractivity contribution in [2.75, 3.05) is 21.3 Å². The van der Waals surface area contributed by atoms with Gasteiger partial charge in [-0.15, -0.1) is 0 Å². The van der Waals surface area contributed by atoms with E-state index in [1.807, 2.05) is 12.2 Å². The number of nitrogens with zero attached hydrogens (tertiary/aromatic N) is 1. The van der Waals surface area contributed by atoms with Crippen molar-refractivity contribution in [3.8, 4) is 0 Å². The van der Waals surface area contributed by atoms with Crippen LogP contribution in [-0.4, -0.2) is 27.0 Å². The van der Waals surface area contributed by atoms with Crippen LogP contribution in [0, 0.1) is 0 Å². The van der Waals surface area contributed by atoms with Crippen molar-refractivity contribution in [1.29, 1.82) is 0 Å². The average molecular weight is 213 g/mol. The Bertz CT molecular complexity index is 273. The molecular weight excluding hydrogens is 198 g/mol. The molecule has 0 unspecified atom stereocenters. The molecule has 0 radical (unpaired) electrons. The molecule has 0 amide bonds. The van der Waals surface area contributed by atoms with Gasteiger partial charge in [-0.1, -0.05) is 17.3 Å². The fourth-order valence-electron chi connectivity index (χ4n) is 1.22. The first-order valence-electron chi connectivity index (χ1n) is 4.43. The van der Waals surface area contributed by atoms with Gasteiger partial charge in [-0.05, 0) is 6.42 Å². The third kappa shape index (κ3) is 2.97. The molecule has 1 aliphatic carbocycles. The minimum absolute atomic E-state index is 0.604. The van der Waals surface area contributed by atoms with Crippen LogP contribution in [0.4, 0.5) is 0 Å². The summed E-state index contributed by atoms with van der Waals surface area (Å²) >= 11 is 0. The highest BCUT2D eigenvalue weighted by Gasteiger charge is 2.17. The maximum atomic E-state index is 4.83. The normalized spacial score (nSPS) is 15.3. The Balaban J connectivity index is 2.83. The largest absolute Gasteiger partial charge is 0.399 e. The second-order valence-corrected chi connectivity index (χ2v) is 2.71. The first kappa shape index (κ1) is 11.5. The molecule has 0 saturated carbocycles. The lowest BCUT2D eigenvalue weighted by Gasteiger charge is -2.17. The van der Waals surface area contributed by atoms with E-state index in [9.17, 15) is 0 Å². The molecule has 0 aromatic rings. The van der Waals surface area contributed by atoms with Gasteiger partial charge in [-0.2, -0.15) is 0 Å². The molecule has 0 aliphatic heterocycles. The van der Waals surface area contributed by atoms with Crippen LogP contribution in [0.3, 0.4) is 0 Å². The molecule has 6 nitrogen and oxygen atoms in total. The molecule has 2 N–H and O–H groups in total. The van der Waals surface area contributed by atoms with Gasteiger partial charge in [0.2, 0.25) is 0 Å². The maximum Gasteiger partial charge on any atom is 0.152 e. The zero-order chi connectivity index (χ0) is 11.1. The quantitative estimate of drug-likeness (QED) is 0.650. The van der Waals surface area contributed by atoms with E-state index < -0.39 is 0 Å². The number of allylic oxidation sites excluding steroid dienone is 2. The Morgan fingerprint density at radius 3 is 2.00 bits per heavy atom. The summed E-state index contributed by atoms with van der Waals surface area (Å²) in [6, 6.07) is 0. The molecule has 6 heteroatoms. The molecule has 0 aromatic heterocycles. The van der Waals surface area contributed by atoms with Gasteiger partial charge in [-0.3, -0.25) is 20.6 Å². The molecule has 0 bridgehead atoms. The van der Waals surface area contributed by atoms with Gasteiger partial charge < -0.3 is 4.84 Å². The second kappa shape index (κ2) is 6.05. The van der Waals surface area contributed by atoms with Gasteiger partial charge in [0.15, 0.2) is 5.71 Å². The monoisotopic (exact) mass is 213 g/mol. The molecular formula is C9H15N3O3. The first-order chi connectivity index (χ1) is 7.33. The van der Waals surface area contributed by atoms with Crippen molar-refractivity contribution < 1.29 is 14.5 Å². The van der Waals surface area contributed by atoms with E-state index in [-0.39, 0.29) is 0 Å². The van der Waals surface area contributed by atoms with Crippen LogP contribution in [0.15, 0.2) is 28.7 Å². The van der Waals surface area contributed by atoms with E-state index >= 15 is 0 Å². The number of rotatable bonds is 5.